The van der Waals surface area contributed by atoms with Gasteiger partial charge in [-0.1, -0.05) is 30.3 Å². The summed E-state index contributed by atoms with van der Waals surface area (Å²) in [5, 5.41) is 1.18. The first kappa shape index (κ1) is 13.2. The Kier molecular flexibility index (Phi) is 2.70. The third kappa shape index (κ3) is 1.61. The van der Waals surface area contributed by atoms with Gasteiger partial charge in [0.25, 0.3) is 0 Å². The number of para-hydroxylation sites is 2. The van der Waals surface area contributed by atoms with Crippen LogP contribution in [0.5, 0.6) is 0 Å². The molecular formula is C20H19NO. The molecule has 0 aliphatic rings. The first-order valence-electron chi connectivity index (χ1n) is 7.65. The van der Waals surface area contributed by atoms with E-state index in [0.29, 0.717) is 0 Å². The van der Waals surface area contributed by atoms with Crippen molar-refractivity contribution < 1.29 is 4.42 Å². The highest BCUT2D eigenvalue weighted by Crippen LogP contribution is 2.37. The van der Waals surface area contributed by atoms with Crippen LogP contribution >= 0.6 is 0 Å². The number of hydrogen-bond acceptors (Lipinski definition) is 1. The van der Waals surface area contributed by atoms with Crippen molar-refractivity contribution >= 4 is 22.1 Å². The Balaban J connectivity index is 2.24. The first-order chi connectivity index (χ1) is 10.6. The van der Waals surface area contributed by atoms with Gasteiger partial charge in [0, 0.05) is 16.6 Å². The molecule has 22 heavy (non-hydrogen) atoms. The average Bonchev–Trinajstić information content (AvgIpc) is 2.98. The summed E-state index contributed by atoms with van der Waals surface area (Å²) >= 11 is 0. The number of fused-ring (bicyclic) bond motifs is 3. The van der Waals surface area contributed by atoms with E-state index in [1.54, 1.807) is 0 Å². The van der Waals surface area contributed by atoms with Crippen LogP contribution in [0.3, 0.4) is 0 Å². The lowest BCUT2D eigenvalue weighted by Crippen LogP contribution is -2.02. The molecule has 0 fully saturated rings. The molecule has 0 aliphatic heterocycles. The van der Waals surface area contributed by atoms with Gasteiger partial charge in [-0.25, -0.2) is 0 Å². The minimum absolute atomic E-state index is 0.954. The number of rotatable bonds is 1. The van der Waals surface area contributed by atoms with Crippen molar-refractivity contribution in [2.75, 3.05) is 0 Å². The third-order valence-corrected chi connectivity index (χ3v) is 4.67. The summed E-state index contributed by atoms with van der Waals surface area (Å²) < 4.78 is 8.49. The highest BCUT2D eigenvalue weighted by atomic mass is 16.3. The molecule has 0 aliphatic carbocycles. The Morgan fingerprint density at radius 2 is 1.50 bits per heavy atom. The summed E-state index contributed by atoms with van der Waals surface area (Å²) in [6.45, 7) is 8.66. The van der Waals surface area contributed by atoms with E-state index >= 15 is 0 Å². The van der Waals surface area contributed by atoms with Crippen LogP contribution in [0.25, 0.3) is 27.8 Å². The molecule has 0 atom stereocenters. The predicted molar refractivity (Wildman–Crippen MR) is 92.0 cm³/mol. The van der Waals surface area contributed by atoms with Gasteiger partial charge in [0.1, 0.15) is 11.1 Å². The molecule has 2 aromatic heterocycles. The molecule has 0 bridgehead atoms. The molecule has 4 aromatic rings. The van der Waals surface area contributed by atoms with E-state index in [2.05, 4.69) is 62.6 Å². The summed E-state index contributed by atoms with van der Waals surface area (Å²) in [6, 6.07) is 14.7. The van der Waals surface area contributed by atoms with Crippen molar-refractivity contribution in [3.05, 3.63) is 64.8 Å². The van der Waals surface area contributed by atoms with Gasteiger partial charge in [-0.05, 0) is 51.0 Å². The van der Waals surface area contributed by atoms with Gasteiger partial charge in [0.05, 0.1) is 5.69 Å². The first-order valence-corrected chi connectivity index (χ1v) is 7.65. The standard InChI is InChI=1S/C20H19NO/c1-12-8-7-9-13(2)18(12)21-15(4)14(3)20-19(21)16-10-5-6-11-17(16)22-20/h5-11H,1-4H3. The van der Waals surface area contributed by atoms with Crippen molar-refractivity contribution in [2.24, 2.45) is 0 Å². The van der Waals surface area contributed by atoms with Crippen LogP contribution in [-0.4, -0.2) is 4.57 Å². The summed E-state index contributed by atoms with van der Waals surface area (Å²) in [7, 11) is 0. The minimum atomic E-state index is 0.954. The zero-order chi connectivity index (χ0) is 15.4. The summed E-state index contributed by atoms with van der Waals surface area (Å²) in [5.74, 6) is 0. The summed E-state index contributed by atoms with van der Waals surface area (Å²) in [4.78, 5) is 0. The average molecular weight is 289 g/mol. The number of benzene rings is 2. The second-order valence-corrected chi connectivity index (χ2v) is 6.06. The number of aromatic nitrogens is 1. The van der Waals surface area contributed by atoms with Crippen molar-refractivity contribution in [3.63, 3.8) is 0 Å². The Labute approximate surface area is 130 Å². The van der Waals surface area contributed by atoms with E-state index in [1.165, 1.54) is 39.0 Å². The Morgan fingerprint density at radius 3 is 2.23 bits per heavy atom. The fourth-order valence-corrected chi connectivity index (χ4v) is 3.45. The molecule has 2 nitrogen and oxygen atoms in total. The monoisotopic (exact) mass is 289 g/mol. The van der Waals surface area contributed by atoms with Crippen LogP contribution in [0.4, 0.5) is 0 Å². The molecule has 0 spiro atoms. The van der Waals surface area contributed by atoms with E-state index < -0.39 is 0 Å². The number of furan rings is 1. The van der Waals surface area contributed by atoms with Crippen LogP contribution in [0.1, 0.15) is 22.4 Å². The topological polar surface area (TPSA) is 18.1 Å². The second-order valence-electron chi connectivity index (χ2n) is 6.06. The maximum atomic E-state index is 6.13. The van der Waals surface area contributed by atoms with Crippen LogP contribution in [-0.2, 0) is 0 Å². The van der Waals surface area contributed by atoms with Crippen LogP contribution < -0.4 is 0 Å². The lowest BCUT2D eigenvalue weighted by molar-refractivity contribution is 0.666. The molecule has 110 valence electrons. The predicted octanol–water partition coefficient (Wildman–Crippen LogP) is 5.61. The fraction of sp³-hybridized carbons (Fsp3) is 0.200. The zero-order valence-electron chi connectivity index (χ0n) is 13.4. The number of hydrogen-bond donors (Lipinski definition) is 0. The van der Waals surface area contributed by atoms with Crippen molar-refractivity contribution in [1.29, 1.82) is 0 Å². The molecule has 0 N–H and O–H groups in total. The van der Waals surface area contributed by atoms with Gasteiger partial charge >= 0.3 is 0 Å². The van der Waals surface area contributed by atoms with E-state index in [9.17, 15) is 0 Å². The molecule has 0 amide bonds. The van der Waals surface area contributed by atoms with E-state index in [0.717, 1.165) is 11.2 Å². The summed E-state index contributed by atoms with van der Waals surface area (Å²) in [6.07, 6.45) is 0. The van der Waals surface area contributed by atoms with Crippen LogP contribution in [0.15, 0.2) is 46.9 Å². The Bertz CT molecular complexity index is 997. The van der Waals surface area contributed by atoms with Crippen LogP contribution in [0.2, 0.25) is 0 Å². The largest absolute Gasteiger partial charge is 0.454 e. The highest BCUT2D eigenvalue weighted by Gasteiger charge is 2.20. The quantitative estimate of drug-likeness (QED) is 0.445. The SMILES string of the molecule is Cc1cccc(C)c1-n1c(C)c(C)c2oc3ccccc3c21. The lowest BCUT2D eigenvalue weighted by atomic mass is 10.1. The smallest absolute Gasteiger partial charge is 0.156 e. The molecule has 2 heteroatoms. The Morgan fingerprint density at radius 1 is 0.818 bits per heavy atom. The van der Waals surface area contributed by atoms with Crippen molar-refractivity contribution in [1.82, 2.24) is 4.57 Å². The molecule has 0 saturated carbocycles. The van der Waals surface area contributed by atoms with E-state index in [-0.39, 0.29) is 0 Å². The lowest BCUT2D eigenvalue weighted by Gasteiger charge is -2.14. The van der Waals surface area contributed by atoms with Gasteiger partial charge in [-0.15, -0.1) is 0 Å². The molecule has 0 saturated heterocycles. The molecular weight excluding hydrogens is 270 g/mol. The maximum Gasteiger partial charge on any atom is 0.156 e. The van der Waals surface area contributed by atoms with Gasteiger partial charge in [0.2, 0.25) is 0 Å². The molecule has 0 unspecified atom stereocenters. The maximum absolute atomic E-state index is 6.13. The second kappa shape index (κ2) is 4.51. The molecule has 2 aromatic carbocycles. The highest BCUT2D eigenvalue weighted by molar-refractivity contribution is 6.05. The van der Waals surface area contributed by atoms with Crippen molar-refractivity contribution in [2.45, 2.75) is 27.7 Å². The summed E-state index contributed by atoms with van der Waals surface area (Å²) in [5.41, 5.74) is 9.44. The molecule has 4 rings (SSSR count). The minimum Gasteiger partial charge on any atom is -0.454 e. The van der Waals surface area contributed by atoms with E-state index in [1.807, 2.05) is 12.1 Å². The van der Waals surface area contributed by atoms with E-state index in [4.69, 9.17) is 4.42 Å². The van der Waals surface area contributed by atoms with Crippen LogP contribution in [0, 0.1) is 27.7 Å². The third-order valence-electron chi connectivity index (χ3n) is 4.67. The van der Waals surface area contributed by atoms with Crippen molar-refractivity contribution in [3.8, 4) is 5.69 Å². The fourth-order valence-electron chi connectivity index (χ4n) is 3.45. The van der Waals surface area contributed by atoms with Gasteiger partial charge < -0.3 is 8.98 Å². The van der Waals surface area contributed by atoms with Gasteiger partial charge in [-0.2, -0.15) is 0 Å². The van der Waals surface area contributed by atoms with Gasteiger partial charge in [-0.3, -0.25) is 0 Å². The zero-order valence-corrected chi connectivity index (χ0v) is 13.4. The molecule has 0 radical (unpaired) electrons. The van der Waals surface area contributed by atoms with Gasteiger partial charge in [0.15, 0.2) is 5.58 Å². The molecule has 2 heterocycles. The Hall–Kier alpha value is -2.48. The number of nitrogens with zero attached hydrogens (tertiary/aromatic N) is 1. The number of aryl methyl sites for hydroxylation is 3. The normalized spacial score (nSPS) is 11.6.